The van der Waals surface area contributed by atoms with Crippen LogP contribution in [-0.4, -0.2) is 6.61 Å². The lowest BCUT2D eigenvalue weighted by Gasteiger charge is -2.23. The van der Waals surface area contributed by atoms with Crippen molar-refractivity contribution in [3.8, 4) is 5.75 Å². The fourth-order valence-corrected chi connectivity index (χ4v) is 1.62. The van der Waals surface area contributed by atoms with E-state index in [0.29, 0.717) is 17.3 Å². The minimum Gasteiger partial charge on any atom is -0.493 e. The van der Waals surface area contributed by atoms with E-state index in [1.165, 1.54) is 0 Å². The minimum absolute atomic E-state index is 0.0156. The van der Waals surface area contributed by atoms with Gasteiger partial charge in [-0.25, -0.2) is 0 Å². The van der Waals surface area contributed by atoms with Gasteiger partial charge < -0.3 is 16.2 Å². The lowest BCUT2D eigenvalue weighted by Crippen LogP contribution is -2.20. The molecule has 0 aromatic heterocycles. The molecule has 3 nitrogen and oxygen atoms in total. The van der Waals surface area contributed by atoms with Crippen LogP contribution in [0.1, 0.15) is 18.0 Å². The third kappa shape index (κ3) is 1.45. The van der Waals surface area contributed by atoms with Gasteiger partial charge in [0, 0.05) is 24.1 Å². The summed E-state index contributed by atoms with van der Waals surface area (Å²) in [4.78, 5) is 0. The van der Waals surface area contributed by atoms with E-state index in [1.807, 2.05) is 0 Å². The summed E-state index contributed by atoms with van der Waals surface area (Å²) in [5, 5.41) is 0.541. The second kappa shape index (κ2) is 3.09. The highest BCUT2D eigenvalue weighted by molar-refractivity contribution is 6.33. The molecular weight excluding hydrogens is 188 g/mol. The molecule has 1 atom stereocenters. The van der Waals surface area contributed by atoms with E-state index >= 15 is 0 Å². The molecule has 1 heterocycles. The van der Waals surface area contributed by atoms with Crippen molar-refractivity contribution in [2.75, 3.05) is 12.3 Å². The van der Waals surface area contributed by atoms with Crippen molar-refractivity contribution < 1.29 is 4.74 Å². The maximum atomic E-state index is 5.89. The van der Waals surface area contributed by atoms with E-state index < -0.39 is 0 Å². The molecule has 1 aromatic carbocycles. The number of ether oxygens (including phenoxy) is 1. The van der Waals surface area contributed by atoms with E-state index in [2.05, 4.69) is 0 Å². The highest BCUT2D eigenvalue weighted by Gasteiger charge is 2.19. The van der Waals surface area contributed by atoms with Crippen molar-refractivity contribution in [3.05, 3.63) is 22.7 Å². The van der Waals surface area contributed by atoms with Crippen LogP contribution in [0.15, 0.2) is 12.1 Å². The van der Waals surface area contributed by atoms with Crippen LogP contribution in [0.2, 0.25) is 5.02 Å². The van der Waals surface area contributed by atoms with Crippen molar-refractivity contribution in [1.82, 2.24) is 0 Å². The first-order valence-electron chi connectivity index (χ1n) is 4.16. The third-order valence-corrected chi connectivity index (χ3v) is 2.54. The first kappa shape index (κ1) is 8.66. The highest BCUT2D eigenvalue weighted by Crippen LogP contribution is 2.35. The van der Waals surface area contributed by atoms with Crippen LogP contribution in [-0.2, 0) is 0 Å². The van der Waals surface area contributed by atoms with E-state index in [9.17, 15) is 0 Å². The predicted octanol–water partition coefficient (Wildman–Crippen LogP) is 1.70. The van der Waals surface area contributed by atoms with E-state index in [0.717, 1.165) is 17.7 Å². The first-order chi connectivity index (χ1) is 6.18. The quantitative estimate of drug-likeness (QED) is 0.624. The van der Waals surface area contributed by atoms with Crippen LogP contribution in [0, 0.1) is 0 Å². The summed E-state index contributed by atoms with van der Waals surface area (Å²) in [6.07, 6.45) is 0.827. The second-order valence-electron chi connectivity index (χ2n) is 3.16. The van der Waals surface area contributed by atoms with Crippen LogP contribution in [0.4, 0.5) is 5.69 Å². The molecule has 0 saturated heterocycles. The summed E-state index contributed by atoms with van der Waals surface area (Å²) in [5.41, 5.74) is 13.0. The van der Waals surface area contributed by atoms with Gasteiger partial charge in [0.1, 0.15) is 5.75 Å². The standard InChI is InChI=1S/C9H11ClN2O/c10-6-3-5-7(11)1-2-13-9(5)4-8(6)12/h3-4,7H,1-2,11-12H2/t7-/m1/s1. The Balaban J connectivity index is 2.52. The van der Waals surface area contributed by atoms with Gasteiger partial charge in [-0.15, -0.1) is 0 Å². The zero-order chi connectivity index (χ0) is 9.42. The minimum atomic E-state index is 0.0156. The van der Waals surface area contributed by atoms with E-state index in [1.54, 1.807) is 12.1 Å². The van der Waals surface area contributed by atoms with Gasteiger partial charge in [0.15, 0.2) is 0 Å². The average Bonchev–Trinajstić information content (AvgIpc) is 2.09. The Morgan fingerprint density at radius 1 is 1.46 bits per heavy atom. The average molecular weight is 199 g/mol. The lowest BCUT2D eigenvalue weighted by atomic mass is 10.0. The Bertz CT molecular complexity index is 341. The maximum absolute atomic E-state index is 5.89. The van der Waals surface area contributed by atoms with Gasteiger partial charge in [0.05, 0.1) is 17.3 Å². The smallest absolute Gasteiger partial charge is 0.126 e. The lowest BCUT2D eigenvalue weighted by molar-refractivity contribution is 0.269. The van der Waals surface area contributed by atoms with E-state index in [4.69, 9.17) is 27.8 Å². The summed E-state index contributed by atoms with van der Waals surface area (Å²) in [6.45, 7) is 0.648. The molecule has 0 radical (unpaired) electrons. The topological polar surface area (TPSA) is 61.3 Å². The molecule has 1 aliphatic heterocycles. The zero-order valence-corrected chi connectivity index (χ0v) is 7.84. The fraction of sp³-hybridized carbons (Fsp3) is 0.333. The number of benzene rings is 1. The Morgan fingerprint density at radius 3 is 3.00 bits per heavy atom. The molecule has 0 unspecified atom stereocenters. The van der Waals surface area contributed by atoms with E-state index in [-0.39, 0.29) is 6.04 Å². The Hall–Kier alpha value is -0.930. The molecule has 0 aliphatic carbocycles. The number of fused-ring (bicyclic) bond motifs is 1. The second-order valence-corrected chi connectivity index (χ2v) is 3.56. The maximum Gasteiger partial charge on any atom is 0.126 e. The molecule has 1 aromatic rings. The third-order valence-electron chi connectivity index (χ3n) is 2.22. The molecule has 4 heteroatoms. The van der Waals surface area contributed by atoms with Gasteiger partial charge in [0.2, 0.25) is 0 Å². The number of hydrogen-bond donors (Lipinski definition) is 2. The van der Waals surface area contributed by atoms with Gasteiger partial charge in [0.25, 0.3) is 0 Å². The van der Waals surface area contributed by atoms with Crippen molar-refractivity contribution in [3.63, 3.8) is 0 Å². The molecule has 0 saturated carbocycles. The molecule has 0 spiro atoms. The molecule has 13 heavy (non-hydrogen) atoms. The molecule has 70 valence electrons. The summed E-state index contributed by atoms with van der Waals surface area (Å²) >= 11 is 5.87. The van der Waals surface area contributed by atoms with Crippen molar-refractivity contribution in [1.29, 1.82) is 0 Å². The summed E-state index contributed by atoms with van der Waals surface area (Å²) in [6, 6.07) is 3.54. The van der Waals surface area contributed by atoms with Crippen LogP contribution >= 0.6 is 11.6 Å². The molecular formula is C9H11ClN2O. The SMILES string of the molecule is Nc1cc2c(cc1Cl)[C@H](N)CCO2. The number of halogens is 1. The Morgan fingerprint density at radius 2 is 2.23 bits per heavy atom. The zero-order valence-electron chi connectivity index (χ0n) is 7.09. The Labute approximate surface area is 81.6 Å². The number of hydrogen-bond acceptors (Lipinski definition) is 3. The van der Waals surface area contributed by atoms with Gasteiger partial charge in [-0.2, -0.15) is 0 Å². The molecule has 4 N–H and O–H groups in total. The van der Waals surface area contributed by atoms with Gasteiger partial charge in [-0.1, -0.05) is 11.6 Å². The summed E-state index contributed by atoms with van der Waals surface area (Å²) in [7, 11) is 0. The van der Waals surface area contributed by atoms with Crippen LogP contribution in [0.25, 0.3) is 0 Å². The van der Waals surface area contributed by atoms with Crippen LogP contribution in [0.5, 0.6) is 5.75 Å². The van der Waals surface area contributed by atoms with Gasteiger partial charge in [-0.3, -0.25) is 0 Å². The Kier molecular flexibility index (Phi) is 2.06. The molecule has 2 rings (SSSR count). The summed E-state index contributed by atoms with van der Waals surface area (Å²) in [5.74, 6) is 0.764. The molecule has 1 aliphatic rings. The van der Waals surface area contributed by atoms with Gasteiger partial charge >= 0.3 is 0 Å². The molecule has 0 fully saturated rings. The number of nitrogen functional groups attached to an aromatic ring is 1. The first-order valence-corrected chi connectivity index (χ1v) is 4.53. The summed E-state index contributed by atoms with van der Waals surface area (Å²) < 4.78 is 5.41. The van der Waals surface area contributed by atoms with Crippen molar-refractivity contribution in [2.45, 2.75) is 12.5 Å². The normalized spacial score (nSPS) is 20.6. The highest BCUT2D eigenvalue weighted by atomic mass is 35.5. The van der Waals surface area contributed by atoms with Crippen molar-refractivity contribution >= 4 is 17.3 Å². The van der Waals surface area contributed by atoms with Crippen molar-refractivity contribution in [2.24, 2.45) is 5.73 Å². The largest absolute Gasteiger partial charge is 0.493 e. The predicted molar refractivity (Wildman–Crippen MR) is 52.9 cm³/mol. The number of rotatable bonds is 0. The number of anilines is 1. The molecule has 0 bridgehead atoms. The fourth-order valence-electron chi connectivity index (χ4n) is 1.45. The molecule has 0 amide bonds. The van der Waals surface area contributed by atoms with Crippen LogP contribution < -0.4 is 16.2 Å². The van der Waals surface area contributed by atoms with Crippen LogP contribution in [0.3, 0.4) is 0 Å². The number of nitrogens with two attached hydrogens (primary N) is 2. The monoisotopic (exact) mass is 198 g/mol. The van der Waals surface area contributed by atoms with Gasteiger partial charge in [-0.05, 0) is 6.07 Å².